The van der Waals surface area contributed by atoms with Gasteiger partial charge in [-0.3, -0.25) is 24.1 Å². The first-order valence-electron chi connectivity index (χ1n) is 46.0. The Morgan fingerprint density at radius 3 is 0.850 bits per heavy atom. The number of likely N-dealkylation sites (tertiary alicyclic amines) is 4. The van der Waals surface area contributed by atoms with Crippen molar-refractivity contribution >= 4 is 48.3 Å². The first-order chi connectivity index (χ1) is 55.6. The fourth-order valence-corrected chi connectivity index (χ4v) is 28.4. The largest absolute Gasteiger partial charge is 0.460 e. The van der Waals surface area contributed by atoms with E-state index >= 15 is 0 Å². The van der Waals surface area contributed by atoms with Gasteiger partial charge in [-0.15, -0.1) is 0 Å². The predicted molar refractivity (Wildman–Crippen MR) is 453 cm³/mol. The van der Waals surface area contributed by atoms with E-state index in [9.17, 15) is 38.4 Å². The molecule has 8 unspecified atom stereocenters. The lowest BCUT2D eigenvalue weighted by Crippen LogP contribution is -3.11. The number of amides is 4. The highest BCUT2D eigenvalue weighted by atomic mass is 16.6. The highest BCUT2D eigenvalue weighted by Gasteiger charge is 3.11. The maximum atomic E-state index is 15.0. The highest BCUT2D eigenvalue weighted by Crippen LogP contribution is 3.13. The van der Waals surface area contributed by atoms with Crippen molar-refractivity contribution in [3.8, 4) is 0 Å². The molecule has 0 radical (unpaired) electrons. The fourth-order valence-electron chi connectivity index (χ4n) is 28.4. The molecule has 0 aromatic heterocycles. The molecule has 4 heterocycles. The van der Waals surface area contributed by atoms with Crippen LogP contribution < -0.4 is 0 Å². The lowest BCUT2D eigenvalue weighted by atomic mass is 8.91. The first kappa shape index (κ1) is 86.8. The van der Waals surface area contributed by atoms with Crippen molar-refractivity contribution in [2.24, 2.45) is 140 Å². The van der Waals surface area contributed by atoms with Gasteiger partial charge in [-0.25, -0.2) is 19.2 Å². The van der Waals surface area contributed by atoms with Crippen molar-refractivity contribution in [2.45, 2.75) is 275 Å². The van der Waals surface area contributed by atoms with Crippen LogP contribution in [-0.2, 0) is 83.0 Å². The van der Waals surface area contributed by atoms with Gasteiger partial charge in [0.2, 0.25) is 0 Å². The molecule has 18 rings (SSSR count). The van der Waals surface area contributed by atoms with Crippen molar-refractivity contribution in [3.63, 3.8) is 0 Å². The second kappa shape index (κ2) is 29.5. The van der Waals surface area contributed by atoms with Gasteiger partial charge < -0.3 is 62.4 Å². The topological polar surface area (TPSA) is 230 Å². The molecule has 2 aromatic carbocycles. The highest BCUT2D eigenvalue weighted by molar-refractivity contribution is 5.78. The number of esters is 4. The summed E-state index contributed by atoms with van der Waals surface area (Å²) < 4.78 is 48.9. The molecule has 4 saturated heterocycles. The third-order valence-corrected chi connectivity index (χ3v) is 31.2. The lowest BCUT2D eigenvalue weighted by Gasteiger charge is -3.13. The Hall–Kier alpha value is -6.68. The van der Waals surface area contributed by atoms with E-state index in [0.29, 0.717) is 162 Å². The Morgan fingerprint density at radius 1 is 0.333 bits per heavy atom. The second-order valence-electron chi connectivity index (χ2n) is 48.1. The van der Waals surface area contributed by atoms with Gasteiger partial charge in [-0.05, 0) is 356 Å². The van der Waals surface area contributed by atoms with E-state index in [1.54, 1.807) is 9.80 Å². The third kappa shape index (κ3) is 15.2. The van der Waals surface area contributed by atoms with Crippen molar-refractivity contribution in [2.75, 3.05) is 78.5 Å². The minimum absolute atomic E-state index is 0.0349. The molecule has 12 saturated carbocycles. The van der Waals surface area contributed by atoms with Crippen molar-refractivity contribution in [1.29, 1.82) is 0 Å². The van der Waals surface area contributed by atoms with Crippen LogP contribution >= 0.6 is 0 Å². The Kier molecular flexibility index (Phi) is 21.3. The molecule has 0 N–H and O–H groups in total. The van der Waals surface area contributed by atoms with E-state index in [2.05, 4.69) is 58.3 Å². The maximum Gasteiger partial charge on any atom is 0.410 e. The molecule has 12 aliphatic carbocycles. The summed E-state index contributed by atoms with van der Waals surface area (Å²) in [4.78, 5) is 126. The van der Waals surface area contributed by atoms with Crippen LogP contribution in [-0.4, -0.2) is 201 Å². The molecular formula is C98H144N6O16. The van der Waals surface area contributed by atoms with Crippen molar-refractivity contribution in [3.05, 3.63) is 70.8 Å². The van der Waals surface area contributed by atoms with Crippen LogP contribution in [0.3, 0.4) is 0 Å². The van der Waals surface area contributed by atoms with E-state index < -0.39 is 56.6 Å². The smallest absolute Gasteiger partial charge is 0.410 e. The Labute approximate surface area is 715 Å². The van der Waals surface area contributed by atoms with E-state index in [4.69, 9.17) is 37.9 Å². The summed E-state index contributed by atoms with van der Waals surface area (Å²) in [7, 11) is 0. The fraction of sp³-hybridized carbons (Fsp3) is 0.796. The van der Waals surface area contributed by atoms with Crippen LogP contribution in [0, 0.1) is 140 Å². The van der Waals surface area contributed by atoms with Gasteiger partial charge in [0.15, 0.2) is 0 Å². The second-order valence-corrected chi connectivity index (χ2v) is 48.1. The lowest BCUT2D eigenvalue weighted by molar-refractivity contribution is -0.669. The molecule has 22 nitrogen and oxygen atoms in total. The van der Waals surface area contributed by atoms with Gasteiger partial charge in [0.1, 0.15) is 44.8 Å². The van der Waals surface area contributed by atoms with Crippen LogP contribution in [0.5, 0.6) is 0 Å². The minimum atomic E-state index is -0.728. The molecule has 16 atom stereocenters. The van der Waals surface area contributed by atoms with Gasteiger partial charge >= 0.3 is 48.3 Å². The van der Waals surface area contributed by atoms with Crippen LogP contribution in [0.15, 0.2) is 48.5 Å². The molecule has 16 aliphatic rings. The molecule has 120 heavy (non-hydrogen) atoms. The molecule has 2 aromatic rings. The molecule has 4 amide bonds. The standard InChI is InChI=1S/C98H144N6O16/c1-87(2,3)113-79(105)63(59-31-35-101(49-59)83(109)117-91(13,14)15)43-55-27-25-29-57(41-55)47-99(48-58-30-26-28-56(42-58)44-64(80(106)114-88(4,5)6)60-32-36-102(50-60)84(110)118-92(16,17)18)39-40-100(53-97-73-67-71-68(73)76(97)95(71,75(67)97)45-65(81(107)115-89(7,8)9)61-33-37-103(51-61)85(111)119-93(19,20)21)54-98-74-69-72-70(74)78(98)96(72,77(69)98)46-66(82(108)116-90(10,11)12)62-34-38-104(52-62)86(112)120-94(22,23)24/h25-30,41-42,59-78H,31-40,43-54H2,1-24H3/t59-,60-,61-,62-,63-,64-,65-,66-,67?,68?,69?,70?,71?,72?,73?,74?,75?,76?,77?,78?,95?,96?,97?,98?/m0/s1. The zero-order valence-electron chi connectivity index (χ0n) is 76.9. The Bertz CT molecular complexity index is 4040. The predicted octanol–water partition coefficient (Wildman–Crippen LogP) is 16.2. The minimum Gasteiger partial charge on any atom is -0.460 e. The zero-order chi connectivity index (χ0) is 86.8. The third-order valence-electron chi connectivity index (χ3n) is 31.2. The summed E-state index contributed by atoms with van der Waals surface area (Å²) in [6.45, 7) is 54.3. The number of carbonyl (C=O) groups is 8. The number of ether oxygens (including phenoxy) is 8. The van der Waals surface area contributed by atoms with E-state index in [0.717, 1.165) is 74.1 Å². The van der Waals surface area contributed by atoms with E-state index in [1.165, 1.54) is 0 Å². The Balaban J connectivity index is 0.717. The number of benzene rings is 2. The van der Waals surface area contributed by atoms with Crippen LogP contribution in [0.2, 0.25) is 0 Å². The van der Waals surface area contributed by atoms with Gasteiger partial charge in [0, 0.05) is 91.6 Å². The monoisotopic (exact) mass is 1660 g/mol. The zero-order valence-corrected chi connectivity index (χ0v) is 76.9. The Morgan fingerprint density at radius 2 is 0.575 bits per heavy atom. The molecule has 0 spiro atoms. The molecule has 16 fully saturated rings. The molecule has 0 bridgehead atoms. The molecular weight excluding hydrogens is 1520 g/mol. The average molecular weight is 1660 g/mol. The normalized spacial score (nSPS) is 34.5. The summed E-state index contributed by atoms with van der Waals surface area (Å²) >= 11 is 0. The summed E-state index contributed by atoms with van der Waals surface area (Å²) in [5, 5.41) is 0. The summed E-state index contributed by atoms with van der Waals surface area (Å²) in [5.74, 6) is 4.51. The van der Waals surface area contributed by atoms with Crippen LogP contribution in [0.25, 0.3) is 0 Å². The number of hydrogen-bond donors (Lipinski definition) is 0. The number of nitrogens with zero attached hydrogens (tertiary/aromatic N) is 6. The summed E-state index contributed by atoms with van der Waals surface area (Å²) in [5.41, 5.74) is -0.724. The van der Waals surface area contributed by atoms with Gasteiger partial charge in [-0.2, -0.15) is 0 Å². The van der Waals surface area contributed by atoms with E-state index in [-0.39, 0.29) is 105 Å². The SMILES string of the molecule is CC(C)(C)OC(=O)[C@@H](Cc1cccc(CN(CCN(CC23C4C5C6C4C2C6(C[C@H](C(=O)OC(C)(C)C)[C@H]2CCN(C(=O)OC(C)(C)C)C2)C53)CC23C4C5C6C4C2C6(C[C@H](C(=O)OC(C)(C)C)[C@H]2CCN(C(=O)OC(C)(C)C)C2)C53)Cc2cccc(C[C@H](C(=O)OC(C)(C)C)[C@H]3CCN(C(=O)OC(C)(C)C)C3)c2)c1)[C@H]1CCN(C(=O)OC(C)(C)C)C1. The van der Waals surface area contributed by atoms with Crippen LogP contribution in [0.1, 0.15) is 227 Å². The molecule has 662 valence electrons. The van der Waals surface area contributed by atoms with Crippen molar-refractivity contribution < 1.29 is 76.3 Å². The molecule has 22 heteroatoms. The number of hydrogen-bond acceptors (Lipinski definition) is 18. The van der Waals surface area contributed by atoms with Gasteiger partial charge in [-0.1, -0.05) is 48.5 Å². The van der Waals surface area contributed by atoms with Gasteiger partial charge in [0.25, 0.3) is 0 Å². The summed E-state index contributed by atoms with van der Waals surface area (Å²) in [6.07, 6.45) is 3.78. The quantitative estimate of drug-likeness (QED) is 0.0598. The number of carbonyl (C=O) groups excluding carboxylic acids is 8. The molecule has 4 aliphatic heterocycles. The van der Waals surface area contributed by atoms with Crippen LogP contribution in [0.4, 0.5) is 19.2 Å². The summed E-state index contributed by atoms with van der Waals surface area (Å²) in [6, 6.07) is 17.4. The average Bonchev–Trinajstić information content (AvgIpc) is 0.611. The first-order valence-corrected chi connectivity index (χ1v) is 46.0. The van der Waals surface area contributed by atoms with E-state index in [1.807, 2.05) is 176 Å². The van der Waals surface area contributed by atoms with Crippen molar-refractivity contribution in [1.82, 2.24) is 29.4 Å². The maximum absolute atomic E-state index is 15.0. The number of rotatable bonds is 27. The van der Waals surface area contributed by atoms with Gasteiger partial charge in [0.05, 0.1) is 23.7 Å².